The molecule has 0 unspecified atom stereocenters. The molecule has 2 amide bonds. The molecule has 3 aromatic carbocycles. The van der Waals surface area contributed by atoms with Crippen LogP contribution in [-0.4, -0.2) is 43.7 Å². The van der Waals surface area contributed by atoms with Crippen LogP contribution in [0.3, 0.4) is 0 Å². The van der Waals surface area contributed by atoms with Crippen molar-refractivity contribution in [1.29, 1.82) is 0 Å². The van der Waals surface area contributed by atoms with E-state index in [2.05, 4.69) is 22.5 Å². The number of fused-ring (bicyclic) bond motifs is 1. The normalized spacial score (nSPS) is 19.2. The number of amides is 2. The molecule has 11 heteroatoms. The van der Waals surface area contributed by atoms with E-state index < -0.39 is 34.8 Å². The fraction of sp³-hybridized carbons (Fsp3) is 0.324. The largest absolute Gasteiger partial charge is 0.493 e. The second-order valence-electron chi connectivity index (χ2n) is 12.4. The smallest absolute Gasteiger partial charge is 0.228 e. The van der Waals surface area contributed by atoms with E-state index in [9.17, 15) is 14.0 Å². The predicted octanol–water partition coefficient (Wildman–Crippen LogP) is 6.58. The Labute approximate surface area is 258 Å². The van der Waals surface area contributed by atoms with Gasteiger partial charge in [0.05, 0.1) is 44.3 Å². The van der Waals surface area contributed by atoms with Crippen LogP contribution < -0.4 is 24.8 Å². The molecule has 1 aromatic heterocycles. The first-order chi connectivity index (χ1) is 21.5. The van der Waals surface area contributed by atoms with Crippen LogP contribution >= 0.6 is 0 Å². The topological polar surface area (TPSA) is 108 Å². The molecule has 1 saturated carbocycles. The van der Waals surface area contributed by atoms with Gasteiger partial charge in [0.1, 0.15) is 11.6 Å². The summed E-state index contributed by atoms with van der Waals surface area (Å²) in [7, 11) is 1.54. The molecule has 0 bridgehead atoms. The number of ether oxygens (including phenoxy) is 4. The van der Waals surface area contributed by atoms with Gasteiger partial charge in [-0.25, -0.2) is 8.78 Å². The second kappa shape index (κ2) is 11.6. The highest BCUT2D eigenvalue weighted by atomic mass is 19.1. The molecule has 1 aliphatic carbocycles. The maximum atomic E-state index is 15.3. The number of halogens is 2. The number of hydrogen-bond donors (Lipinski definition) is 2. The Balaban J connectivity index is 1.13. The molecule has 0 radical (unpaired) electrons. The third-order valence-electron chi connectivity index (χ3n) is 8.39. The SMILES string of the molecule is COc1cc2c(Oc3ccc(NC(=O)[C@H]4[C@@H](C(=O)Nc5ccc(F)cc5)C4(C)C)cc3F)ccnc2cc1OCC1(C)COC1. The van der Waals surface area contributed by atoms with Crippen molar-refractivity contribution in [2.75, 3.05) is 37.6 Å². The minimum absolute atomic E-state index is 0.0546. The summed E-state index contributed by atoms with van der Waals surface area (Å²) < 4.78 is 51.3. The highest BCUT2D eigenvalue weighted by Crippen LogP contribution is 2.59. The number of hydrogen-bond acceptors (Lipinski definition) is 7. The number of nitrogens with one attached hydrogen (secondary N) is 2. The third-order valence-corrected chi connectivity index (χ3v) is 8.39. The lowest BCUT2D eigenvalue weighted by Gasteiger charge is -2.37. The molecule has 0 spiro atoms. The van der Waals surface area contributed by atoms with Crippen molar-refractivity contribution >= 4 is 34.1 Å². The van der Waals surface area contributed by atoms with Crippen molar-refractivity contribution in [3.63, 3.8) is 0 Å². The van der Waals surface area contributed by atoms with Crippen LogP contribution in [-0.2, 0) is 14.3 Å². The number of rotatable bonds is 10. The first kappa shape index (κ1) is 30.3. The number of anilines is 2. The van der Waals surface area contributed by atoms with E-state index >= 15 is 4.39 Å². The molecule has 2 heterocycles. The summed E-state index contributed by atoms with van der Waals surface area (Å²) >= 11 is 0. The fourth-order valence-electron chi connectivity index (χ4n) is 5.65. The van der Waals surface area contributed by atoms with E-state index in [0.717, 1.165) is 6.07 Å². The summed E-state index contributed by atoms with van der Waals surface area (Å²) in [5, 5.41) is 6.04. The maximum Gasteiger partial charge on any atom is 0.228 e. The van der Waals surface area contributed by atoms with Gasteiger partial charge in [-0.1, -0.05) is 20.8 Å². The van der Waals surface area contributed by atoms with E-state index in [0.29, 0.717) is 53.7 Å². The zero-order valence-corrected chi connectivity index (χ0v) is 25.3. The summed E-state index contributed by atoms with van der Waals surface area (Å²) in [5.74, 6) is -1.78. The Morgan fingerprint density at radius 1 is 0.867 bits per heavy atom. The van der Waals surface area contributed by atoms with Crippen LogP contribution in [0, 0.1) is 34.3 Å². The molecule has 2 aliphatic rings. The molecule has 6 rings (SSSR count). The summed E-state index contributed by atoms with van der Waals surface area (Å²) in [4.78, 5) is 30.4. The molecule has 4 aromatic rings. The van der Waals surface area contributed by atoms with Gasteiger partial charge in [-0.05, 0) is 53.9 Å². The standard InChI is InChI=1S/C34H33F2N3O6/c1-33(2)29(31(40)38-20-7-5-19(35)6-8-20)30(33)32(41)39-21-9-10-26(23(36)13-21)45-25-11-12-37-24-15-28(27(42-4)14-22(24)25)44-18-34(3)16-43-17-34/h5-15,29-30H,16-18H2,1-4H3,(H,38,40)(H,39,41)/t29-,30+/m0/s1. The Hall–Kier alpha value is -4.77. The van der Waals surface area contributed by atoms with Crippen molar-refractivity contribution in [1.82, 2.24) is 4.98 Å². The van der Waals surface area contributed by atoms with Crippen LogP contribution in [0.1, 0.15) is 20.8 Å². The van der Waals surface area contributed by atoms with Crippen LogP contribution in [0.4, 0.5) is 20.2 Å². The molecule has 1 saturated heterocycles. The van der Waals surface area contributed by atoms with Crippen LogP contribution in [0.25, 0.3) is 10.9 Å². The number of carbonyl (C=O) groups excluding carboxylic acids is 2. The fourth-order valence-corrected chi connectivity index (χ4v) is 5.65. The van der Waals surface area contributed by atoms with E-state index in [1.165, 1.54) is 43.5 Å². The van der Waals surface area contributed by atoms with E-state index in [-0.39, 0.29) is 22.8 Å². The third kappa shape index (κ3) is 6.12. The van der Waals surface area contributed by atoms with Gasteiger partial charge in [0.25, 0.3) is 0 Å². The zero-order chi connectivity index (χ0) is 31.9. The Morgan fingerprint density at radius 2 is 1.53 bits per heavy atom. The quantitative estimate of drug-likeness (QED) is 0.207. The predicted molar refractivity (Wildman–Crippen MR) is 164 cm³/mol. The molecular weight excluding hydrogens is 584 g/mol. The van der Waals surface area contributed by atoms with Crippen LogP contribution in [0.5, 0.6) is 23.0 Å². The van der Waals surface area contributed by atoms with Gasteiger partial charge in [0.15, 0.2) is 23.1 Å². The first-order valence-corrected chi connectivity index (χ1v) is 14.5. The van der Waals surface area contributed by atoms with Gasteiger partial charge in [-0.2, -0.15) is 0 Å². The molecule has 234 valence electrons. The molecular formula is C34H33F2N3O6. The molecule has 1 aliphatic heterocycles. The second-order valence-corrected chi connectivity index (χ2v) is 12.4. The number of pyridine rings is 1. The monoisotopic (exact) mass is 617 g/mol. The van der Waals surface area contributed by atoms with Crippen molar-refractivity contribution in [2.24, 2.45) is 22.7 Å². The molecule has 45 heavy (non-hydrogen) atoms. The van der Waals surface area contributed by atoms with Gasteiger partial charge in [0, 0.05) is 40.5 Å². The minimum atomic E-state index is -0.693. The van der Waals surface area contributed by atoms with Crippen molar-refractivity contribution in [3.05, 3.63) is 78.5 Å². The number of benzene rings is 3. The number of aromatic nitrogens is 1. The lowest BCUT2D eigenvalue weighted by atomic mass is 9.90. The Morgan fingerprint density at radius 3 is 2.16 bits per heavy atom. The Kier molecular flexibility index (Phi) is 7.82. The van der Waals surface area contributed by atoms with Gasteiger partial charge in [0.2, 0.25) is 11.8 Å². The van der Waals surface area contributed by atoms with E-state index in [1.54, 1.807) is 24.4 Å². The van der Waals surface area contributed by atoms with Gasteiger partial charge >= 0.3 is 0 Å². The van der Waals surface area contributed by atoms with Crippen molar-refractivity contribution in [2.45, 2.75) is 20.8 Å². The van der Waals surface area contributed by atoms with Gasteiger partial charge in [-0.15, -0.1) is 0 Å². The van der Waals surface area contributed by atoms with Crippen molar-refractivity contribution < 1.29 is 37.3 Å². The van der Waals surface area contributed by atoms with E-state index in [4.69, 9.17) is 18.9 Å². The van der Waals surface area contributed by atoms with Gasteiger partial charge < -0.3 is 29.6 Å². The highest BCUT2D eigenvalue weighted by Gasteiger charge is 2.65. The summed E-state index contributed by atoms with van der Waals surface area (Å²) in [6, 6.07) is 14.6. The zero-order valence-electron chi connectivity index (χ0n) is 25.3. The molecule has 2 atom stereocenters. The average Bonchev–Trinajstić information content (AvgIpc) is 3.59. The highest BCUT2D eigenvalue weighted by molar-refractivity contribution is 6.04. The number of methoxy groups -OCH3 is 1. The lowest BCUT2D eigenvalue weighted by molar-refractivity contribution is -0.122. The Bertz CT molecular complexity index is 1770. The molecule has 2 N–H and O–H groups in total. The van der Waals surface area contributed by atoms with E-state index in [1.807, 2.05) is 13.8 Å². The summed E-state index contributed by atoms with van der Waals surface area (Å²) in [6.45, 7) is 7.43. The molecule has 9 nitrogen and oxygen atoms in total. The number of carbonyl (C=O) groups is 2. The van der Waals surface area contributed by atoms with Gasteiger partial charge in [-0.3, -0.25) is 14.6 Å². The number of nitrogens with zero attached hydrogens (tertiary/aromatic N) is 1. The van der Waals surface area contributed by atoms with Crippen molar-refractivity contribution in [3.8, 4) is 23.0 Å². The summed E-state index contributed by atoms with van der Waals surface area (Å²) in [5.41, 5.74) is 0.557. The molecule has 2 fully saturated rings. The van der Waals surface area contributed by atoms with Crippen LogP contribution in [0.15, 0.2) is 66.9 Å². The summed E-state index contributed by atoms with van der Waals surface area (Å²) in [6.07, 6.45) is 1.56. The maximum absolute atomic E-state index is 15.3. The minimum Gasteiger partial charge on any atom is -0.493 e. The first-order valence-electron chi connectivity index (χ1n) is 14.5. The average molecular weight is 618 g/mol. The lowest BCUT2D eigenvalue weighted by Crippen LogP contribution is -2.44. The van der Waals surface area contributed by atoms with Crippen LogP contribution in [0.2, 0.25) is 0 Å².